The first kappa shape index (κ1) is 13.8. The van der Waals surface area contributed by atoms with Crippen LogP contribution in [0.4, 0.5) is 15.8 Å². The maximum absolute atomic E-state index is 10.9. The number of amides is 1. The Morgan fingerprint density at radius 1 is 1.45 bits per heavy atom. The van der Waals surface area contributed by atoms with E-state index >= 15 is 0 Å². The van der Waals surface area contributed by atoms with Crippen molar-refractivity contribution in [3.63, 3.8) is 0 Å². The molecule has 0 spiro atoms. The van der Waals surface area contributed by atoms with Crippen molar-refractivity contribution in [2.75, 3.05) is 5.32 Å². The molecule has 1 aromatic carbocycles. The van der Waals surface area contributed by atoms with Gasteiger partial charge in [-0.3, -0.25) is 19.9 Å². The number of nitro groups is 1. The topological polar surface area (TPSA) is 97.5 Å². The number of aliphatic imine (C=N–C) groups is 1. The number of nitrogens with one attached hydrogen (secondary N) is 1. The number of nitrogens with zero attached hydrogens (tertiary/aromatic N) is 3. The summed E-state index contributed by atoms with van der Waals surface area (Å²) in [6.45, 7) is 1.31. The Bertz CT molecular complexity index is 667. The summed E-state index contributed by atoms with van der Waals surface area (Å²) in [5.41, 5.74) is 0.781. The molecule has 0 aliphatic carbocycles. The molecule has 0 aliphatic heterocycles. The van der Waals surface area contributed by atoms with Gasteiger partial charge in [0.1, 0.15) is 0 Å². The largest absolute Gasteiger partial charge is 0.354 e. The molecule has 0 fully saturated rings. The molecule has 20 heavy (non-hydrogen) atoms. The van der Waals surface area contributed by atoms with E-state index in [2.05, 4.69) is 15.3 Å². The molecule has 0 atom stereocenters. The molecular formula is C12H10N4O3S. The molecule has 0 bridgehead atoms. The van der Waals surface area contributed by atoms with E-state index in [1.807, 2.05) is 18.2 Å². The minimum Gasteiger partial charge on any atom is -0.302 e. The van der Waals surface area contributed by atoms with Gasteiger partial charge in [-0.1, -0.05) is 18.2 Å². The highest BCUT2D eigenvalue weighted by Crippen LogP contribution is 2.29. The average Bonchev–Trinajstić information content (AvgIpc) is 2.80. The van der Waals surface area contributed by atoms with Crippen LogP contribution in [0.3, 0.4) is 0 Å². The first-order chi connectivity index (χ1) is 9.56. The fraction of sp³-hybridized carbons (Fsp3) is 0.0833. The standard InChI is InChI=1S/C12H10N4O3S/c1-8(17)14-12-15-10(11(20-12)16(18)19)7-13-9-5-3-2-4-6-9/h2-7H,1H3,(H,14,15,17). The third-order valence-corrected chi connectivity index (χ3v) is 3.11. The zero-order valence-corrected chi connectivity index (χ0v) is 11.3. The van der Waals surface area contributed by atoms with Crippen molar-refractivity contribution < 1.29 is 9.72 Å². The number of carbonyl (C=O) groups is 1. The predicted octanol–water partition coefficient (Wildman–Crippen LogP) is 2.76. The van der Waals surface area contributed by atoms with E-state index in [9.17, 15) is 14.9 Å². The molecule has 1 heterocycles. The van der Waals surface area contributed by atoms with Gasteiger partial charge in [0.05, 0.1) is 16.8 Å². The third-order valence-electron chi connectivity index (χ3n) is 2.18. The minimum absolute atomic E-state index is 0.118. The molecule has 0 unspecified atom stereocenters. The normalized spacial score (nSPS) is 10.7. The van der Waals surface area contributed by atoms with E-state index in [1.54, 1.807) is 12.1 Å². The molecular weight excluding hydrogens is 280 g/mol. The summed E-state index contributed by atoms with van der Waals surface area (Å²) in [6.07, 6.45) is 1.31. The lowest BCUT2D eigenvalue weighted by atomic mass is 10.3. The Morgan fingerprint density at radius 3 is 2.75 bits per heavy atom. The number of para-hydroxylation sites is 1. The summed E-state index contributed by atoms with van der Waals surface area (Å²) in [6, 6.07) is 9.00. The zero-order chi connectivity index (χ0) is 14.5. The third kappa shape index (κ3) is 3.45. The molecule has 7 nitrogen and oxygen atoms in total. The highest BCUT2D eigenvalue weighted by atomic mass is 32.1. The van der Waals surface area contributed by atoms with Crippen molar-refractivity contribution in [2.24, 2.45) is 4.99 Å². The molecule has 1 amide bonds. The van der Waals surface area contributed by atoms with Gasteiger partial charge in [0, 0.05) is 6.92 Å². The number of hydrogen-bond acceptors (Lipinski definition) is 6. The highest BCUT2D eigenvalue weighted by molar-refractivity contribution is 7.19. The quantitative estimate of drug-likeness (QED) is 0.531. The van der Waals surface area contributed by atoms with Gasteiger partial charge >= 0.3 is 5.00 Å². The minimum atomic E-state index is -0.546. The molecule has 8 heteroatoms. The van der Waals surface area contributed by atoms with Gasteiger partial charge in [-0.2, -0.15) is 0 Å². The SMILES string of the molecule is CC(=O)Nc1nc(C=Nc2ccccc2)c([N+](=O)[O-])s1. The van der Waals surface area contributed by atoms with Gasteiger partial charge in [-0.05, 0) is 23.5 Å². The lowest BCUT2D eigenvalue weighted by Crippen LogP contribution is -2.05. The second kappa shape index (κ2) is 6.02. The van der Waals surface area contributed by atoms with Gasteiger partial charge in [0.25, 0.3) is 0 Å². The van der Waals surface area contributed by atoms with Crippen LogP contribution in [0.2, 0.25) is 0 Å². The Balaban J connectivity index is 2.30. The monoisotopic (exact) mass is 290 g/mol. The molecule has 0 saturated carbocycles. The van der Waals surface area contributed by atoms with Crippen molar-refractivity contribution in [1.29, 1.82) is 0 Å². The van der Waals surface area contributed by atoms with Gasteiger partial charge in [-0.25, -0.2) is 4.98 Å². The molecule has 0 radical (unpaired) electrons. The number of carbonyl (C=O) groups excluding carboxylic acids is 1. The summed E-state index contributed by atoms with van der Waals surface area (Å²) >= 11 is 0.798. The number of benzene rings is 1. The number of anilines is 1. The Labute approximate surface area is 118 Å². The fourth-order valence-corrected chi connectivity index (χ4v) is 2.19. The highest BCUT2D eigenvalue weighted by Gasteiger charge is 2.20. The average molecular weight is 290 g/mol. The van der Waals surface area contributed by atoms with Crippen LogP contribution in [0.25, 0.3) is 0 Å². The van der Waals surface area contributed by atoms with Gasteiger partial charge in [-0.15, -0.1) is 0 Å². The van der Waals surface area contributed by atoms with Crippen LogP contribution in [0, 0.1) is 10.1 Å². The van der Waals surface area contributed by atoms with Crippen LogP contribution in [-0.2, 0) is 4.79 Å². The van der Waals surface area contributed by atoms with Gasteiger partial charge in [0.2, 0.25) is 5.91 Å². The summed E-state index contributed by atoms with van der Waals surface area (Å²) in [5.74, 6) is -0.333. The van der Waals surface area contributed by atoms with Gasteiger partial charge in [0.15, 0.2) is 10.8 Å². The first-order valence-electron chi connectivity index (χ1n) is 5.58. The Morgan fingerprint density at radius 2 is 2.15 bits per heavy atom. The fourth-order valence-electron chi connectivity index (χ4n) is 1.39. The van der Waals surface area contributed by atoms with E-state index in [-0.39, 0.29) is 21.7 Å². The van der Waals surface area contributed by atoms with Crippen molar-refractivity contribution in [3.05, 3.63) is 46.1 Å². The van der Waals surface area contributed by atoms with E-state index in [0.29, 0.717) is 5.69 Å². The van der Waals surface area contributed by atoms with Crippen LogP contribution < -0.4 is 5.32 Å². The van der Waals surface area contributed by atoms with E-state index < -0.39 is 4.92 Å². The van der Waals surface area contributed by atoms with Crippen LogP contribution in [0.1, 0.15) is 12.6 Å². The molecule has 2 aromatic rings. The first-order valence-corrected chi connectivity index (χ1v) is 6.40. The maximum Gasteiger partial charge on any atom is 0.354 e. The lowest BCUT2D eigenvalue weighted by molar-refractivity contribution is -0.380. The van der Waals surface area contributed by atoms with E-state index in [1.165, 1.54) is 13.1 Å². The number of hydrogen-bond donors (Lipinski definition) is 1. The van der Waals surface area contributed by atoms with Gasteiger partial charge < -0.3 is 5.32 Å². The number of aromatic nitrogens is 1. The Hall–Kier alpha value is -2.61. The summed E-state index contributed by atoms with van der Waals surface area (Å²) < 4.78 is 0. The predicted molar refractivity (Wildman–Crippen MR) is 76.8 cm³/mol. The van der Waals surface area contributed by atoms with Crippen molar-refractivity contribution in [3.8, 4) is 0 Å². The Kier molecular flexibility index (Phi) is 4.16. The van der Waals surface area contributed by atoms with Crippen LogP contribution >= 0.6 is 11.3 Å². The zero-order valence-electron chi connectivity index (χ0n) is 10.4. The smallest absolute Gasteiger partial charge is 0.302 e. The number of thiazole rings is 1. The molecule has 1 N–H and O–H groups in total. The van der Waals surface area contributed by atoms with Crippen LogP contribution in [0.15, 0.2) is 35.3 Å². The van der Waals surface area contributed by atoms with E-state index in [0.717, 1.165) is 11.3 Å². The molecule has 1 aromatic heterocycles. The summed E-state index contributed by atoms with van der Waals surface area (Å²) in [4.78, 5) is 29.4. The summed E-state index contributed by atoms with van der Waals surface area (Å²) in [7, 11) is 0. The van der Waals surface area contributed by atoms with Crippen molar-refractivity contribution >= 4 is 39.3 Å². The second-order valence-electron chi connectivity index (χ2n) is 3.74. The van der Waals surface area contributed by atoms with Crippen molar-refractivity contribution in [2.45, 2.75) is 6.92 Å². The van der Waals surface area contributed by atoms with Crippen LogP contribution in [-0.4, -0.2) is 22.0 Å². The van der Waals surface area contributed by atoms with E-state index in [4.69, 9.17) is 0 Å². The summed E-state index contributed by atoms with van der Waals surface area (Å²) in [5, 5.41) is 13.4. The molecule has 0 aliphatic rings. The van der Waals surface area contributed by atoms with Crippen LogP contribution in [0.5, 0.6) is 0 Å². The van der Waals surface area contributed by atoms with Crippen molar-refractivity contribution in [1.82, 2.24) is 4.98 Å². The molecule has 2 rings (SSSR count). The molecule has 0 saturated heterocycles. The maximum atomic E-state index is 10.9. The second-order valence-corrected chi connectivity index (χ2v) is 4.72. The lowest BCUT2D eigenvalue weighted by Gasteiger charge is -1.91. The number of rotatable bonds is 4. The molecule has 102 valence electrons.